The first kappa shape index (κ1) is 28.5. The van der Waals surface area contributed by atoms with Crippen molar-refractivity contribution in [2.45, 2.75) is 19.3 Å². The first-order valence-corrected chi connectivity index (χ1v) is 17.9. The number of rotatable bonds is 3. The summed E-state index contributed by atoms with van der Waals surface area (Å²) < 4.78 is 4.96. The number of fused-ring (bicyclic) bond motifs is 11. The number of hydrogen-bond acceptors (Lipinski definition) is 0. The van der Waals surface area contributed by atoms with E-state index in [-0.39, 0.29) is 5.41 Å². The molecular formula is C49H34N2. The molecule has 10 aromatic rings. The first-order chi connectivity index (χ1) is 25.1. The minimum Gasteiger partial charge on any atom is -0.309 e. The summed E-state index contributed by atoms with van der Waals surface area (Å²) >= 11 is 0. The molecule has 8 aromatic carbocycles. The molecule has 0 aliphatic heterocycles. The van der Waals surface area contributed by atoms with Crippen molar-refractivity contribution in [3.8, 4) is 33.6 Å². The third kappa shape index (κ3) is 3.88. The summed E-state index contributed by atoms with van der Waals surface area (Å²) in [5.41, 5.74) is 15.0. The van der Waals surface area contributed by atoms with Gasteiger partial charge in [-0.15, -0.1) is 0 Å². The predicted molar refractivity (Wildman–Crippen MR) is 216 cm³/mol. The standard InChI is InChI=1S/C49H34N2/c1-49(2)40-19-12-22-45(51-43-21-11-9-18-38(43)47-35-16-7-6-15-32(35)23-28-46(47)51)48(40)37-26-25-34(30-41(37)49)50-42-20-10-8-17-36(42)39-29-33(24-27-44(39)50)31-13-4-3-5-14-31/h3-30H,1-2H3. The van der Waals surface area contributed by atoms with E-state index in [0.717, 1.165) is 0 Å². The Bertz CT molecular complexity index is 3040. The Morgan fingerprint density at radius 1 is 0.412 bits per heavy atom. The minimum absolute atomic E-state index is 0.179. The van der Waals surface area contributed by atoms with Crippen molar-refractivity contribution >= 4 is 54.4 Å². The molecule has 0 bridgehead atoms. The summed E-state index contributed by atoms with van der Waals surface area (Å²) in [6.07, 6.45) is 0. The van der Waals surface area contributed by atoms with E-state index in [0.29, 0.717) is 0 Å². The highest BCUT2D eigenvalue weighted by molar-refractivity contribution is 6.21. The van der Waals surface area contributed by atoms with E-state index in [1.54, 1.807) is 0 Å². The molecular weight excluding hydrogens is 617 g/mol. The topological polar surface area (TPSA) is 9.86 Å². The molecule has 0 radical (unpaired) electrons. The molecule has 2 heterocycles. The van der Waals surface area contributed by atoms with Gasteiger partial charge in [-0.05, 0) is 87.1 Å². The van der Waals surface area contributed by atoms with Crippen molar-refractivity contribution < 1.29 is 0 Å². The summed E-state index contributed by atoms with van der Waals surface area (Å²) in [5.74, 6) is 0. The Balaban J connectivity index is 1.14. The average Bonchev–Trinajstić information content (AvgIpc) is 3.78. The normalized spacial score (nSPS) is 13.5. The lowest BCUT2D eigenvalue weighted by Gasteiger charge is -2.22. The van der Waals surface area contributed by atoms with Crippen molar-refractivity contribution in [1.29, 1.82) is 0 Å². The molecule has 0 unspecified atom stereocenters. The number of hydrogen-bond donors (Lipinski definition) is 0. The fourth-order valence-electron chi connectivity index (χ4n) is 9.14. The van der Waals surface area contributed by atoms with Crippen LogP contribution in [0.4, 0.5) is 0 Å². The Labute approximate surface area is 296 Å². The molecule has 11 rings (SSSR count). The van der Waals surface area contributed by atoms with Gasteiger partial charge in [0.05, 0.1) is 27.8 Å². The van der Waals surface area contributed by atoms with Crippen LogP contribution in [0.5, 0.6) is 0 Å². The van der Waals surface area contributed by atoms with Gasteiger partial charge in [0.15, 0.2) is 0 Å². The second-order valence-electron chi connectivity index (χ2n) is 14.5. The van der Waals surface area contributed by atoms with Crippen LogP contribution in [0.2, 0.25) is 0 Å². The van der Waals surface area contributed by atoms with Crippen LogP contribution < -0.4 is 0 Å². The zero-order chi connectivity index (χ0) is 33.8. The van der Waals surface area contributed by atoms with Gasteiger partial charge in [-0.25, -0.2) is 0 Å². The van der Waals surface area contributed by atoms with Gasteiger partial charge in [-0.1, -0.05) is 135 Å². The van der Waals surface area contributed by atoms with Crippen LogP contribution >= 0.6 is 0 Å². The van der Waals surface area contributed by atoms with Crippen molar-refractivity contribution in [1.82, 2.24) is 9.13 Å². The Morgan fingerprint density at radius 3 is 1.94 bits per heavy atom. The Kier molecular flexibility index (Phi) is 5.76. The maximum absolute atomic E-state index is 2.51. The van der Waals surface area contributed by atoms with Crippen LogP contribution in [0.15, 0.2) is 170 Å². The second-order valence-corrected chi connectivity index (χ2v) is 14.5. The van der Waals surface area contributed by atoms with Gasteiger partial charge < -0.3 is 9.13 Å². The quantitative estimate of drug-likeness (QED) is 0.180. The largest absolute Gasteiger partial charge is 0.309 e. The SMILES string of the molecule is CC1(C)c2cc(-n3c4ccccc4c4cc(-c5ccccc5)ccc43)ccc2-c2c(-n3c4ccccc4c4c5ccccc5ccc43)cccc21. The van der Waals surface area contributed by atoms with Gasteiger partial charge in [-0.2, -0.15) is 0 Å². The molecule has 1 aliphatic rings. The van der Waals surface area contributed by atoms with Gasteiger partial charge >= 0.3 is 0 Å². The summed E-state index contributed by atoms with van der Waals surface area (Å²) in [6, 6.07) is 62.8. The number of nitrogens with zero attached hydrogens (tertiary/aromatic N) is 2. The van der Waals surface area contributed by atoms with Crippen LogP contribution in [-0.4, -0.2) is 9.13 Å². The maximum atomic E-state index is 2.51. The molecule has 0 amide bonds. The molecule has 1 aliphatic carbocycles. The minimum atomic E-state index is -0.179. The van der Waals surface area contributed by atoms with Crippen molar-refractivity contribution in [3.05, 3.63) is 181 Å². The average molecular weight is 651 g/mol. The van der Waals surface area contributed by atoms with Crippen LogP contribution in [0, 0.1) is 0 Å². The van der Waals surface area contributed by atoms with Crippen LogP contribution in [0.3, 0.4) is 0 Å². The summed E-state index contributed by atoms with van der Waals surface area (Å²) in [5, 5.41) is 7.72. The van der Waals surface area contributed by atoms with Crippen LogP contribution in [0.1, 0.15) is 25.0 Å². The highest BCUT2D eigenvalue weighted by Crippen LogP contribution is 2.53. The van der Waals surface area contributed by atoms with Crippen molar-refractivity contribution in [2.24, 2.45) is 0 Å². The molecule has 0 saturated heterocycles. The van der Waals surface area contributed by atoms with Gasteiger partial charge in [-0.3, -0.25) is 0 Å². The summed E-state index contributed by atoms with van der Waals surface area (Å²) in [6.45, 7) is 4.78. The number of para-hydroxylation sites is 2. The molecule has 0 spiro atoms. The molecule has 240 valence electrons. The molecule has 2 nitrogen and oxygen atoms in total. The smallest absolute Gasteiger partial charge is 0.0547 e. The summed E-state index contributed by atoms with van der Waals surface area (Å²) in [4.78, 5) is 0. The molecule has 2 heteroatoms. The molecule has 51 heavy (non-hydrogen) atoms. The second kappa shape index (κ2) is 10.3. The molecule has 0 saturated carbocycles. The lowest BCUT2D eigenvalue weighted by atomic mass is 9.82. The number of aromatic nitrogens is 2. The lowest BCUT2D eigenvalue weighted by Crippen LogP contribution is -2.15. The van der Waals surface area contributed by atoms with Crippen LogP contribution in [-0.2, 0) is 5.41 Å². The van der Waals surface area contributed by atoms with Crippen LogP contribution in [0.25, 0.3) is 88.0 Å². The fraction of sp³-hybridized carbons (Fsp3) is 0.0612. The first-order valence-electron chi connectivity index (χ1n) is 17.9. The third-order valence-electron chi connectivity index (χ3n) is 11.5. The zero-order valence-corrected chi connectivity index (χ0v) is 28.6. The van der Waals surface area contributed by atoms with E-state index in [2.05, 4.69) is 193 Å². The van der Waals surface area contributed by atoms with E-state index in [1.165, 1.54) is 99.1 Å². The predicted octanol–water partition coefficient (Wildman–Crippen LogP) is 13.0. The third-order valence-corrected chi connectivity index (χ3v) is 11.5. The lowest BCUT2D eigenvalue weighted by molar-refractivity contribution is 0.659. The summed E-state index contributed by atoms with van der Waals surface area (Å²) in [7, 11) is 0. The van der Waals surface area contributed by atoms with E-state index in [9.17, 15) is 0 Å². The molecule has 0 fully saturated rings. The maximum Gasteiger partial charge on any atom is 0.0547 e. The van der Waals surface area contributed by atoms with E-state index in [4.69, 9.17) is 0 Å². The Hall–Kier alpha value is -6.38. The molecule has 0 atom stereocenters. The molecule has 0 N–H and O–H groups in total. The van der Waals surface area contributed by atoms with Gasteiger partial charge in [0, 0.05) is 38.2 Å². The molecule has 2 aromatic heterocycles. The van der Waals surface area contributed by atoms with E-state index < -0.39 is 0 Å². The van der Waals surface area contributed by atoms with E-state index >= 15 is 0 Å². The van der Waals surface area contributed by atoms with Gasteiger partial charge in [0.25, 0.3) is 0 Å². The Morgan fingerprint density at radius 2 is 1.10 bits per heavy atom. The van der Waals surface area contributed by atoms with Crippen molar-refractivity contribution in [2.75, 3.05) is 0 Å². The monoisotopic (exact) mass is 650 g/mol. The van der Waals surface area contributed by atoms with Gasteiger partial charge in [0.2, 0.25) is 0 Å². The zero-order valence-electron chi connectivity index (χ0n) is 28.6. The van der Waals surface area contributed by atoms with Crippen molar-refractivity contribution in [3.63, 3.8) is 0 Å². The van der Waals surface area contributed by atoms with Gasteiger partial charge in [0.1, 0.15) is 0 Å². The number of benzene rings is 8. The fourth-order valence-corrected chi connectivity index (χ4v) is 9.14. The van der Waals surface area contributed by atoms with E-state index in [1.807, 2.05) is 0 Å². The highest BCUT2D eigenvalue weighted by atomic mass is 15.0. The highest BCUT2D eigenvalue weighted by Gasteiger charge is 2.38.